The third-order valence-electron chi connectivity index (χ3n) is 3.45. The summed E-state index contributed by atoms with van der Waals surface area (Å²) in [4.78, 5) is 36.3. The standard InChI is InChI=1S/C11H15NO5/c1-10(2)5-7(13)12(8(10)14)11(9(15)16)3-4-17-6-11/h3-6H2,1-2H3,(H,15,16). The Hall–Kier alpha value is -1.43. The van der Waals surface area contributed by atoms with E-state index in [9.17, 15) is 19.5 Å². The van der Waals surface area contributed by atoms with E-state index >= 15 is 0 Å². The number of carbonyl (C=O) groups excluding carboxylic acids is 2. The molecule has 0 spiro atoms. The number of carboxylic acid groups (broad SMARTS) is 1. The molecule has 17 heavy (non-hydrogen) atoms. The molecule has 0 saturated carbocycles. The van der Waals surface area contributed by atoms with Crippen LogP contribution in [0.1, 0.15) is 26.7 Å². The second-order valence-corrected chi connectivity index (χ2v) is 5.23. The molecular formula is C11H15NO5. The van der Waals surface area contributed by atoms with Gasteiger partial charge in [-0.1, -0.05) is 13.8 Å². The number of carboxylic acids is 1. The molecule has 2 rings (SSSR count). The first-order chi connectivity index (χ1) is 7.81. The summed E-state index contributed by atoms with van der Waals surface area (Å²) in [6.07, 6.45) is 0.219. The fourth-order valence-electron chi connectivity index (χ4n) is 2.38. The minimum atomic E-state index is -1.50. The van der Waals surface area contributed by atoms with Gasteiger partial charge in [0.1, 0.15) is 0 Å². The van der Waals surface area contributed by atoms with Gasteiger partial charge in [0.05, 0.1) is 12.0 Å². The van der Waals surface area contributed by atoms with Crippen LogP contribution in [0.3, 0.4) is 0 Å². The summed E-state index contributed by atoms with van der Waals surface area (Å²) in [5.74, 6) is -2.02. The number of nitrogens with zero attached hydrogens (tertiary/aromatic N) is 1. The minimum Gasteiger partial charge on any atom is -0.479 e. The molecule has 0 aliphatic carbocycles. The summed E-state index contributed by atoms with van der Waals surface area (Å²) >= 11 is 0. The van der Waals surface area contributed by atoms with Crippen LogP contribution in [0.4, 0.5) is 0 Å². The van der Waals surface area contributed by atoms with Crippen molar-refractivity contribution in [3.05, 3.63) is 0 Å². The summed E-state index contributed by atoms with van der Waals surface area (Å²) in [6, 6.07) is 0. The highest BCUT2D eigenvalue weighted by Gasteiger charge is 2.59. The second-order valence-electron chi connectivity index (χ2n) is 5.23. The summed E-state index contributed by atoms with van der Waals surface area (Å²) in [5, 5.41) is 9.30. The van der Waals surface area contributed by atoms with Gasteiger partial charge in [-0.25, -0.2) is 4.79 Å². The zero-order valence-corrected chi connectivity index (χ0v) is 9.86. The molecule has 1 N–H and O–H groups in total. The number of likely N-dealkylation sites (tertiary alicyclic amines) is 1. The van der Waals surface area contributed by atoms with Gasteiger partial charge in [-0.2, -0.15) is 0 Å². The van der Waals surface area contributed by atoms with E-state index in [0.29, 0.717) is 0 Å². The van der Waals surface area contributed by atoms with E-state index in [1.165, 1.54) is 0 Å². The monoisotopic (exact) mass is 241 g/mol. The van der Waals surface area contributed by atoms with Gasteiger partial charge in [-0.3, -0.25) is 14.5 Å². The Morgan fingerprint density at radius 2 is 2.06 bits per heavy atom. The van der Waals surface area contributed by atoms with Crippen molar-refractivity contribution in [2.45, 2.75) is 32.2 Å². The molecular weight excluding hydrogens is 226 g/mol. The Bertz CT molecular complexity index is 395. The van der Waals surface area contributed by atoms with Gasteiger partial charge >= 0.3 is 5.97 Å². The minimum absolute atomic E-state index is 0.0564. The number of aliphatic carboxylic acids is 1. The van der Waals surface area contributed by atoms with Gasteiger partial charge < -0.3 is 9.84 Å². The fraction of sp³-hybridized carbons (Fsp3) is 0.727. The number of hydrogen-bond donors (Lipinski definition) is 1. The number of rotatable bonds is 2. The summed E-state index contributed by atoms with van der Waals surface area (Å²) in [7, 11) is 0. The molecule has 2 aliphatic rings. The SMILES string of the molecule is CC1(C)CC(=O)N(C2(C(=O)O)CCOC2)C1=O. The van der Waals surface area contributed by atoms with Gasteiger partial charge in [-0.05, 0) is 0 Å². The summed E-state index contributed by atoms with van der Waals surface area (Å²) in [6.45, 7) is 3.44. The normalized spacial score (nSPS) is 32.2. The van der Waals surface area contributed by atoms with Crippen LogP contribution >= 0.6 is 0 Å². The number of amides is 2. The highest BCUT2D eigenvalue weighted by atomic mass is 16.5. The van der Waals surface area contributed by atoms with E-state index in [-0.39, 0.29) is 26.1 Å². The number of imide groups is 1. The van der Waals surface area contributed by atoms with E-state index in [4.69, 9.17) is 4.74 Å². The maximum absolute atomic E-state index is 12.1. The highest BCUT2D eigenvalue weighted by Crippen LogP contribution is 2.39. The van der Waals surface area contributed by atoms with Crippen molar-refractivity contribution in [1.82, 2.24) is 4.90 Å². The zero-order chi connectivity index (χ0) is 12.8. The molecule has 94 valence electrons. The highest BCUT2D eigenvalue weighted by molar-refractivity contribution is 6.09. The van der Waals surface area contributed by atoms with Crippen LogP contribution in [-0.2, 0) is 19.1 Å². The smallest absolute Gasteiger partial charge is 0.332 e. The maximum atomic E-state index is 12.1. The van der Waals surface area contributed by atoms with Crippen molar-refractivity contribution in [3.63, 3.8) is 0 Å². The van der Waals surface area contributed by atoms with Crippen LogP contribution in [0.2, 0.25) is 0 Å². The molecule has 2 amide bonds. The molecule has 2 saturated heterocycles. The van der Waals surface area contributed by atoms with Gasteiger partial charge in [0.25, 0.3) is 0 Å². The third-order valence-corrected chi connectivity index (χ3v) is 3.45. The first-order valence-electron chi connectivity index (χ1n) is 5.50. The molecule has 2 heterocycles. The molecule has 2 aliphatic heterocycles. The average Bonchev–Trinajstić information content (AvgIpc) is 2.73. The van der Waals surface area contributed by atoms with Crippen molar-refractivity contribution >= 4 is 17.8 Å². The Balaban J connectivity index is 2.42. The van der Waals surface area contributed by atoms with Crippen LogP contribution < -0.4 is 0 Å². The van der Waals surface area contributed by atoms with Gasteiger partial charge in [0.15, 0.2) is 5.54 Å². The predicted octanol–water partition coefficient (Wildman–Crippen LogP) is 0.0152. The molecule has 1 atom stereocenters. The van der Waals surface area contributed by atoms with E-state index in [1.54, 1.807) is 13.8 Å². The van der Waals surface area contributed by atoms with E-state index in [2.05, 4.69) is 0 Å². The summed E-state index contributed by atoms with van der Waals surface area (Å²) in [5.41, 5.74) is -2.32. The van der Waals surface area contributed by atoms with Crippen molar-refractivity contribution in [3.8, 4) is 0 Å². The molecule has 0 aromatic carbocycles. The Morgan fingerprint density at radius 3 is 2.41 bits per heavy atom. The van der Waals surface area contributed by atoms with E-state index in [1.807, 2.05) is 0 Å². The second kappa shape index (κ2) is 3.53. The molecule has 0 radical (unpaired) electrons. The maximum Gasteiger partial charge on any atom is 0.332 e. The van der Waals surface area contributed by atoms with Crippen LogP contribution in [0.15, 0.2) is 0 Å². The molecule has 6 nitrogen and oxygen atoms in total. The zero-order valence-electron chi connectivity index (χ0n) is 9.86. The number of carbonyl (C=O) groups is 3. The molecule has 6 heteroatoms. The first kappa shape index (κ1) is 12.0. The van der Waals surface area contributed by atoms with Crippen molar-refractivity contribution in [2.24, 2.45) is 5.41 Å². The average molecular weight is 241 g/mol. The van der Waals surface area contributed by atoms with E-state index < -0.39 is 28.7 Å². The largest absolute Gasteiger partial charge is 0.479 e. The molecule has 0 bridgehead atoms. The Morgan fingerprint density at radius 1 is 1.41 bits per heavy atom. The van der Waals surface area contributed by atoms with Crippen LogP contribution in [-0.4, -0.2) is 46.5 Å². The van der Waals surface area contributed by atoms with Crippen molar-refractivity contribution in [1.29, 1.82) is 0 Å². The number of hydrogen-bond acceptors (Lipinski definition) is 4. The topological polar surface area (TPSA) is 83.9 Å². The van der Waals surface area contributed by atoms with Gasteiger partial charge in [0.2, 0.25) is 11.8 Å². The van der Waals surface area contributed by atoms with Crippen molar-refractivity contribution in [2.75, 3.05) is 13.2 Å². The van der Waals surface area contributed by atoms with Gasteiger partial charge in [-0.15, -0.1) is 0 Å². The Kier molecular flexibility index (Phi) is 2.50. The Labute approximate surface area is 98.5 Å². The molecule has 0 aromatic rings. The van der Waals surface area contributed by atoms with Crippen LogP contribution in [0.5, 0.6) is 0 Å². The number of ether oxygens (including phenoxy) is 1. The first-order valence-corrected chi connectivity index (χ1v) is 5.50. The quantitative estimate of drug-likeness (QED) is 0.689. The lowest BCUT2D eigenvalue weighted by Crippen LogP contribution is -2.58. The lowest BCUT2D eigenvalue weighted by atomic mass is 9.91. The van der Waals surface area contributed by atoms with Crippen molar-refractivity contribution < 1.29 is 24.2 Å². The summed E-state index contributed by atoms with van der Waals surface area (Å²) < 4.78 is 5.07. The van der Waals surface area contributed by atoms with Crippen LogP contribution in [0, 0.1) is 5.41 Å². The molecule has 0 aromatic heterocycles. The van der Waals surface area contributed by atoms with E-state index in [0.717, 1.165) is 4.90 Å². The fourth-order valence-corrected chi connectivity index (χ4v) is 2.38. The lowest BCUT2D eigenvalue weighted by Gasteiger charge is -2.32. The third kappa shape index (κ3) is 1.55. The predicted molar refractivity (Wildman–Crippen MR) is 56.1 cm³/mol. The lowest BCUT2D eigenvalue weighted by molar-refractivity contribution is -0.164. The molecule has 2 fully saturated rings. The molecule has 1 unspecified atom stereocenters. The van der Waals surface area contributed by atoms with Crippen LogP contribution in [0.25, 0.3) is 0 Å². The van der Waals surface area contributed by atoms with Gasteiger partial charge in [0, 0.05) is 19.4 Å².